The van der Waals surface area contributed by atoms with E-state index in [1.165, 1.54) is 5.56 Å². The van der Waals surface area contributed by atoms with E-state index in [-0.39, 0.29) is 5.91 Å². The van der Waals surface area contributed by atoms with Crippen LogP contribution >= 0.6 is 0 Å². The molecule has 0 fully saturated rings. The largest absolute Gasteiger partial charge is 0.436 e. The van der Waals surface area contributed by atoms with Gasteiger partial charge < -0.3 is 9.73 Å². The van der Waals surface area contributed by atoms with Gasteiger partial charge in [0.15, 0.2) is 5.76 Å². The van der Waals surface area contributed by atoms with Crippen molar-refractivity contribution in [1.29, 1.82) is 0 Å². The predicted molar refractivity (Wildman–Crippen MR) is 94.6 cm³/mol. The minimum absolute atomic E-state index is 0.180. The Kier molecular flexibility index (Phi) is 4.57. The maximum absolute atomic E-state index is 12.3. The maximum atomic E-state index is 12.3. The average molecular weight is 318 g/mol. The fourth-order valence-corrected chi connectivity index (χ4v) is 2.38. The molecule has 1 heterocycles. The molecular weight excluding hydrogens is 300 g/mol. The van der Waals surface area contributed by atoms with Gasteiger partial charge in [0.2, 0.25) is 5.89 Å². The van der Waals surface area contributed by atoms with Crippen LogP contribution in [-0.4, -0.2) is 17.4 Å². The van der Waals surface area contributed by atoms with Crippen LogP contribution in [0.25, 0.3) is 22.8 Å². The third kappa shape index (κ3) is 3.27. The summed E-state index contributed by atoms with van der Waals surface area (Å²) in [4.78, 5) is 16.6. The Morgan fingerprint density at radius 2 is 1.96 bits per heavy atom. The first-order valence-electron chi connectivity index (χ1n) is 7.70. The highest BCUT2D eigenvalue weighted by atomic mass is 16.4. The summed E-state index contributed by atoms with van der Waals surface area (Å²) in [5, 5.41) is 2.78. The summed E-state index contributed by atoms with van der Waals surface area (Å²) in [6.07, 6.45) is 3.32. The number of aryl methyl sites for hydroxylation is 1. The molecule has 4 nitrogen and oxygen atoms in total. The molecule has 0 saturated heterocycles. The number of nitrogens with zero attached hydrogens (tertiary/aromatic N) is 1. The predicted octanol–water partition coefficient (Wildman–Crippen LogP) is 4.23. The molecule has 24 heavy (non-hydrogen) atoms. The Balaban J connectivity index is 1.94. The number of carbonyl (C=O) groups is 1. The first-order chi connectivity index (χ1) is 11.7. The maximum Gasteiger partial charge on any atom is 0.252 e. The number of rotatable bonds is 5. The van der Waals surface area contributed by atoms with Crippen molar-refractivity contribution >= 4 is 5.91 Å². The lowest BCUT2D eigenvalue weighted by molar-refractivity contribution is 0.0958. The monoisotopic (exact) mass is 318 g/mol. The zero-order chi connectivity index (χ0) is 16.9. The molecule has 1 N–H and O–H groups in total. The summed E-state index contributed by atoms with van der Waals surface area (Å²) in [6.45, 7) is 6.05. The van der Waals surface area contributed by atoms with Gasteiger partial charge in [0.1, 0.15) is 0 Å². The number of hydrogen-bond acceptors (Lipinski definition) is 3. The van der Waals surface area contributed by atoms with E-state index in [0.717, 1.165) is 5.56 Å². The lowest BCUT2D eigenvalue weighted by Gasteiger charge is -2.06. The zero-order valence-electron chi connectivity index (χ0n) is 13.5. The number of aromatic nitrogens is 1. The topological polar surface area (TPSA) is 55.1 Å². The third-order valence-corrected chi connectivity index (χ3v) is 3.65. The van der Waals surface area contributed by atoms with E-state index < -0.39 is 0 Å². The number of nitrogens with one attached hydrogen (secondary N) is 1. The van der Waals surface area contributed by atoms with E-state index in [1.807, 2.05) is 49.4 Å². The van der Waals surface area contributed by atoms with Gasteiger partial charge in [-0.15, -0.1) is 6.58 Å². The Bertz CT molecular complexity index is 863. The van der Waals surface area contributed by atoms with E-state index >= 15 is 0 Å². The third-order valence-electron chi connectivity index (χ3n) is 3.65. The van der Waals surface area contributed by atoms with E-state index in [4.69, 9.17) is 4.42 Å². The molecule has 4 heteroatoms. The standard InChI is InChI=1S/C20H18N2O2/c1-3-12-21-19(23)16-6-4-5-7-17(16)20-22-13-18(24-20)15-10-8-14(2)9-11-15/h3-11,13H,1,12H2,2H3,(H,21,23). The number of benzene rings is 2. The first-order valence-corrected chi connectivity index (χ1v) is 7.70. The molecule has 120 valence electrons. The van der Waals surface area contributed by atoms with Crippen molar-refractivity contribution in [3.05, 3.63) is 78.5 Å². The van der Waals surface area contributed by atoms with Gasteiger partial charge in [-0.2, -0.15) is 0 Å². The normalized spacial score (nSPS) is 10.4. The molecule has 0 spiro atoms. The van der Waals surface area contributed by atoms with Gasteiger partial charge in [-0.1, -0.05) is 48.0 Å². The second-order valence-corrected chi connectivity index (χ2v) is 5.44. The van der Waals surface area contributed by atoms with Gasteiger partial charge in [-0.25, -0.2) is 4.98 Å². The molecule has 0 atom stereocenters. The lowest BCUT2D eigenvalue weighted by Crippen LogP contribution is -2.23. The fourth-order valence-electron chi connectivity index (χ4n) is 2.38. The minimum Gasteiger partial charge on any atom is -0.436 e. The highest BCUT2D eigenvalue weighted by Gasteiger charge is 2.16. The molecule has 0 bridgehead atoms. The smallest absolute Gasteiger partial charge is 0.252 e. The van der Waals surface area contributed by atoms with Gasteiger partial charge in [0.05, 0.1) is 11.8 Å². The van der Waals surface area contributed by atoms with Gasteiger partial charge in [0.25, 0.3) is 5.91 Å². The van der Waals surface area contributed by atoms with Crippen LogP contribution in [0, 0.1) is 6.92 Å². The second-order valence-electron chi connectivity index (χ2n) is 5.44. The summed E-state index contributed by atoms with van der Waals surface area (Å²) in [5.74, 6) is 0.918. The summed E-state index contributed by atoms with van der Waals surface area (Å²) >= 11 is 0. The van der Waals surface area contributed by atoms with Crippen LogP contribution < -0.4 is 5.32 Å². The Morgan fingerprint density at radius 1 is 1.21 bits per heavy atom. The fraction of sp³-hybridized carbons (Fsp3) is 0.100. The van der Waals surface area contributed by atoms with E-state index in [0.29, 0.717) is 29.3 Å². The van der Waals surface area contributed by atoms with E-state index in [2.05, 4.69) is 16.9 Å². The molecule has 2 aromatic carbocycles. The van der Waals surface area contributed by atoms with Gasteiger partial charge in [-0.05, 0) is 19.1 Å². The van der Waals surface area contributed by atoms with Gasteiger partial charge in [-0.3, -0.25) is 4.79 Å². The number of oxazole rings is 1. The highest BCUT2D eigenvalue weighted by Crippen LogP contribution is 2.28. The van der Waals surface area contributed by atoms with Gasteiger partial charge >= 0.3 is 0 Å². The van der Waals surface area contributed by atoms with Crippen molar-refractivity contribution in [2.45, 2.75) is 6.92 Å². The summed E-state index contributed by atoms with van der Waals surface area (Å²) < 4.78 is 5.88. The Hall–Kier alpha value is -3.14. The van der Waals surface area contributed by atoms with Crippen molar-refractivity contribution in [2.75, 3.05) is 6.54 Å². The lowest BCUT2D eigenvalue weighted by atomic mass is 10.1. The molecule has 3 aromatic rings. The van der Waals surface area contributed by atoms with Crippen LogP contribution in [0.3, 0.4) is 0 Å². The molecule has 0 radical (unpaired) electrons. The van der Waals surface area contributed by atoms with Crippen LogP contribution in [0.1, 0.15) is 15.9 Å². The van der Waals surface area contributed by atoms with Crippen molar-refractivity contribution in [2.24, 2.45) is 0 Å². The molecule has 0 aliphatic heterocycles. The van der Waals surface area contributed by atoms with E-state index in [1.54, 1.807) is 18.3 Å². The summed E-state index contributed by atoms with van der Waals surface area (Å²) in [6, 6.07) is 15.3. The Morgan fingerprint density at radius 3 is 2.71 bits per heavy atom. The van der Waals surface area contributed by atoms with Crippen LogP contribution in [0.2, 0.25) is 0 Å². The zero-order valence-corrected chi connectivity index (χ0v) is 13.5. The molecule has 1 aromatic heterocycles. The SMILES string of the molecule is C=CCNC(=O)c1ccccc1-c1ncc(-c2ccc(C)cc2)o1. The average Bonchev–Trinajstić information content (AvgIpc) is 3.10. The van der Waals surface area contributed by atoms with E-state index in [9.17, 15) is 4.79 Å². The molecule has 0 aliphatic rings. The molecule has 1 amide bonds. The van der Waals surface area contributed by atoms with Crippen LogP contribution in [0.4, 0.5) is 0 Å². The number of carbonyl (C=O) groups excluding carboxylic acids is 1. The van der Waals surface area contributed by atoms with Crippen LogP contribution in [0.5, 0.6) is 0 Å². The summed E-state index contributed by atoms with van der Waals surface area (Å²) in [7, 11) is 0. The molecule has 0 saturated carbocycles. The van der Waals surface area contributed by atoms with Gasteiger partial charge in [0, 0.05) is 17.7 Å². The van der Waals surface area contributed by atoms with Crippen molar-refractivity contribution in [3.63, 3.8) is 0 Å². The molecule has 0 aliphatic carbocycles. The first kappa shape index (κ1) is 15.7. The number of hydrogen-bond donors (Lipinski definition) is 1. The van der Waals surface area contributed by atoms with Crippen molar-refractivity contribution in [1.82, 2.24) is 10.3 Å². The Labute approximate surface area is 140 Å². The van der Waals surface area contributed by atoms with Crippen molar-refractivity contribution in [3.8, 4) is 22.8 Å². The highest BCUT2D eigenvalue weighted by molar-refractivity contribution is 6.00. The minimum atomic E-state index is -0.180. The second kappa shape index (κ2) is 6.96. The number of amides is 1. The quantitative estimate of drug-likeness (QED) is 0.716. The molecule has 0 unspecified atom stereocenters. The summed E-state index contributed by atoms with van der Waals surface area (Å²) in [5.41, 5.74) is 3.32. The van der Waals surface area contributed by atoms with Crippen LogP contribution in [0.15, 0.2) is 71.8 Å². The van der Waals surface area contributed by atoms with Crippen LogP contribution in [-0.2, 0) is 0 Å². The molecule has 3 rings (SSSR count). The molecular formula is C20H18N2O2. The van der Waals surface area contributed by atoms with Crippen molar-refractivity contribution < 1.29 is 9.21 Å².